The minimum absolute atomic E-state index is 0.0703. The minimum atomic E-state index is -1.08. The van der Waals surface area contributed by atoms with Gasteiger partial charge in [-0.3, -0.25) is 0 Å². The molecular formula is C10H9BrN2O3S. The Hall–Kier alpha value is -1.18. The van der Waals surface area contributed by atoms with Gasteiger partial charge in [0.05, 0.1) is 6.54 Å². The van der Waals surface area contributed by atoms with Crippen LogP contribution in [0.4, 0.5) is 0 Å². The molecule has 0 unspecified atom stereocenters. The first-order valence-electron chi connectivity index (χ1n) is 4.78. The third-order valence-electron chi connectivity index (χ3n) is 2.05. The maximum Gasteiger partial charge on any atom is 0.358 e. The first-order chi connectivity index (χ1) is 8.16. The van der Waals surface area contributed by atoms with Gasteiger partial charge in [-0.15, -0.1) is 11.3 Å². The van der Waals surface area contributed by atoms with Crippen LogP contribution in [0, 0.1) is 0 Å². The maximum absolute atomic E-state index is 10.6. The number of carboxylic acid groups (broad SMARTS) is 1. The van der Waals surface area contributed by atoms with Crippen LogP contribution in [0.3, 0.4) is 0 Å². The molecule has 0 saturated carbocycles. The van der Waals surface area contributed by atoms with Crippen LogP contribution in [0.5, 0.6) is 0 Å². The molecule has 2 N–H and O–H groups in total. The van der Waals surface area contributed by atoms with Crippen molar-refractivity contribution in [3.8, 4) is 0 Å². The number of aromatic carboxylic acids is 1. The quantitative estimate of drug-likeness (QED) is 0.886. The van der Waals surface area contributed by atoms with Gasteiger partial charge >= 0.3 is 5.97 Å². The molecule has 0 aliphatic carbocycles. The molecule has 0 radical (unpaired) electrons. The molecule has 17 heavy (non-hydrogen) atoms. The van der Waals surface area contributed by atoms with Gasteiger partial charge < -0.3 is 14.9 Å². The Labute approximate surface area is 110 Å². The highest BCUT2D eigenvalue weighted by atomic mass is 79.9. The first kappa shape index (κ1) is 12.3. The van der Waals surface area contributed by atoms with Gasteiger partial charge in [-0.2, -0.15) is 0 Å². The Morgan fingerprint density at radius 2 is 2.41 bits per heavy atom. The number of thiophene rings is 1. The molecule has 0 bridgehead atoms. The predicted molar refractivity (Wildman–Crippen MR) is 66.0 cm³/mol. The van der Waals surface area contributed by atoms with Crippen molar-refractivity contribution in [2.45, 2.75) is 13.1 Å². The van der Waals surface area contributed by atoms with Gasteiger partial charge in [-0.25, -0.2) is 4.79 Å². The van der Waals surface area contributed by atoms with E-state index in [0.29, 0.717) is 18.8 Å². The molecule has 0 aromatic carbocycles. The maximum atomic E-state index is 10.6. The molecule has 0 saturated heterocycles. The van der Waals surface area contributed by atoms with Gasteiger partial charge in [0.2, 0.25) is 0 Å². The van der Waals surface area contributed by atoms with E-state index in [4.69, 9.17) is 9.63 Å². The van der Waals surface area contributed by atoms with Crippen molar-refractivity contribution >= 4 is 33.2 Å². The van der Waals surface area contributed by atoms with Gasteiger partial charge in [-0.1, -0.05) is 5.16 Å². The fourth-order valence-electron chi connectivity index (χ4n) is 1.25. The minimum Gasteiger partial charge on any atom is -0.476 e. The highest BCUT2D eigenvalue weighted by Crippen LogP contribution is 2.22. The number of nitrogens with zero attached hydrogens (tertiary/aromatic N) is 1. The lowest BCUT2D eigenvalue weighted by Gasteiger charge is -1.99. The summed E-state index contributed by atoms with van der Waals surface area (Å²) in [7, 11) is 0. The number of carboxylic acids is 1. The SMILES string of the molecule is O=C(O)c1cc(CNCc2sccc2Br)on1. The van der Waals surface area contributed by atoms with E-state index in [2.05, 4.69) is 26.4 Å². The van der Waals surface area contributed by atoms with Crippen molar-refractivity contribution in [3.05, 3.63) is 38.3 Å². The van der Waals surface area contributed by atoms with Crippen LogP contribution in [-0.2, 0) is 13.1 Å². The van der Waals surface area contributed by atoms with Crippen LogP contribution < -0.4 is 5.32 Å². The van der Waals surface area contributed by atoms with Gasteiger partial charge in [0.1, 0.15) is 0 Å². The van der Waals surface area contributed by atoms with E-state index in [9.17, 15) is 4.79 Å². The molecule has 0 aliphatic rings. The van der Waals surface area contributed by atoms with Gasteiger partial charge in [-0.05, 0) is 27.4 Å². The van der Waals surface area contributed by atoms with E-state index < -0.39 is 5.97 Å². The van der Waals surface area contributed by atoms with E-state index in [-0.39, 0.29) is 5.69 Å². The molecular weight excluding hydrogens is 308 g/mol. The molecule has 2 aromatic heterocycles. The third-order valence-corrected chi connectivity index (χ3v) is 3.98. The number of halogens is 1. The van der Waals surface area contributed by atoms with E-state index in [1.807, 2.05) is 11.4 Å². The average Bonchev–Trinajstić information content (AvgIpc) is 2.89. The van der Waals surface area contributed by atoms with Gasteiger partial charge in [0, 0.05) is 22.0 Å². The molecule has 0 atom stereocenters. The van der Waals surface area contributed by atoms with Crippen molar-refractivity contribution in [2.24, 2.45) is 0 Å². The zero-order chi connectivity index (χ0) is 12.3. The van der Waals surface area contributed by atoms with E-state index in [1.54, 1.807) is 11.3 Å². The second-order valence-electron chi connectivity index (χ2n) is 3.28. The monoisotopic (exact) mass is 316 g/mol. The molecule has 2 rings (SSSR count). The topological polar surface area (TPSA) is 75.4 Å². The van der Waals surface area contributed by atoms with Crippen molar-refractivity contribution in [3.63, 3.8) is 0 Å². The Balaban J connectivity index is 1.86. The Morgan fingerprint density at radius 1 is 1.59 bits per heavy atom. The lowest BCUT2D eigenvalue weighted by Crippen LogP contribution is -2.11. The largest absolute Gasteiger partial charge is 0.476 e. The van der Waals surface area contributed by atoms with Crippen LogP contribution in [0.15, 0.2) is 26.5 Å². The van der Waals surface area contributed by atoms with Crippen molar-refractivity contribution < 1.29 is 14.4 Å². The predicted octanol–water partition coefficient (Wildman–Crippen LogP) is 2.49. The first-order valence-corrected chi connectivity index (χ1v) is 6.45. The zero-order valence-corrected chi connectivity index (χ0v) is 11.0. The summed E-state index contributed by atoms with van der Waals surface area (Å²) in [6, 6.07) is 3.40. The highest BCUT2D eigenvalue weighted by Gasteiger charge is 2.10. The summed E-state index contributed by atoms with van der Waals surface area (Å²) in [4.78, 5) is 11.8. The van der Waals surface area contributed by atoms with E-state index >= 15 is 0 Å². The fourth-order valence-corrected chi connectivity index (χ4v) is 2.71. The average molecular weight is 317 g/mol. The summed E-state index contributed by atoms with van der Waals surface area (Å²) in [5.74, 6) is -0.573. The highest BCUT2D eigenvalue weighted by molar-refractivity contribution is 9.10. The number of aromatic nitrogens is 1. The summed E-state index contributed by atoms with van der Waals surface area (Å²) >= 11 is 5.08. The second kappa shape index (κ2) is 5.44. The summed E-state index contributed by atoms with van der Waals surface area (Å²) in [6.07, 6.45) is 0. The molecule has 0 fully saturated rings. The Bertz CT molecular complexity index is 523. The van der Waals surface area contributed by atoms with Crippen LogP contribution in [0.25, 0.3) is 0 Å². The molecule has 0 spiro atoms. The summed E-state index contributed by atoms with van der Waals surface area (Å²) in [5.41, 5.74) is -0.0703. The Morgan fingerprint density at radius 3 is 3.00 bits per heavy atom. The van der Waals surface area contributed by atoms with Crippen LogP contribution in [0.1, 0.15) is 21.1 Å². The van der Waals surface area contributed by atoms with Crippen molar-refractivity contribution in [1.82, 2.24) is 10.5 Å². The summed E-state index contributed by atoms with van der Waals surface area (Å²) < 4.78 is 5.94. The second-order valence-corrected chi connectivity index (χ2v) is 5.13. The zero-order valence-electron chi connectivity index (χ0n) is 8.64. The number of hydrogen-bond donors (Lipinski definition) is 2. The lowest BCUT2D eigenvalue weighted by molar-refractivity contribution is 0.0685. The van der Waals surface area contributed by atoms with Crippen molar-refractivity contribution in [1.29, 1.82) is 0 Å². The van der Waals surface area contributed by atoms with Gasteiger partial charge in [0.15, 0.2) is 11.5 Å². The number of rotatable bonds is 5. The smallest absolute Gasteiger partial charge is 0.358 e. The molecule has 2 heterocycles. The standard InChI is InChI=1S/C10H9BrN2O3S/c11-7-1-2-17-9(7)5-12-4-6-3-8(10(14)15)13-16-6/h1-3,12H,4-5H2,(H,14,15). The molecule has 90 valence electrons. The van der Waals surface area contributed by atoms with Crippen LogP contribution in [0.2, 0.25) is 0 Å². The molecule has 0 aliphatic heterocycles. The van der Waals surface area contributed by atoms with Crippen LogP contribution >= 0.6 is 27.3 Å². The van der Waals surface area contributed by atoms with Gasteiger partial charge in [0.25, 0.3) is 0 Å². The lowest BCUT2D eigenvalue weighted by atomic mass is 10.3. The fraction of sp³-hybridized carbons (Fsp3) is 0.200. The Kier molecular flexibility index (Phi) is 3.93. The number of carbonyl (C=O) groups is 1. The van der Waals surface area contributed by atoms with E-state index in [1.165, 1.54) is 10.9 Å². The molecule has 0 amide bonds. The van der Waals surface area contributed by atoms with Crippen molar-refractivity contribution in [2.75, 3.05) is 0 Å². The summed E-state index contributed by atoms with van der Waals surface area (Å²) in [6.45, 7) is 1.14. The number of nitrogens with one attached hydrogen (secondary N) is 1. The summed E-state index contributed by atoms with van der Waals surface area (Å²) in [5, 5.41) is 17.2. The molecule has 5 nitrogen and oxygen atoms in total. The third kappa shape index (κ3) is 3.15. The molecule has 2 aromatic rings. The van der Waals surface area contributed by atoms with Crippen LogP contribution in [-0.4, -0.2) is 16.2 Å². The number of hydrogen-bond acceptors (Lipinski definition) is 5. The van der Waals surface area contributed by atoms with E-state index in [0.717, 1.165) is 4.47 Å². The normalized spacial score (nSPS) is 10.6. The molecule has 7 heteroatoms.